The molecule has 6 aromatic rings. The maximum Gasteiger partial charge on any atom is 0.271 e. The van der Waals surface area contributed by atoms with E-state index in [0.717, 1.165) is 27.7 Å². The number of nitro benzene ring substituents is 1. The van der Waals surface area contributed by atoms with Gasteiger partial charge in [0.1, 0.15) is 18.1 Å². The van der Waals surface area contributed by atoms with E-state index in [4.69, 9.17) is 26.3 Å². The number of non-ortho nitro benzene ring substituents is 1. The van der Waals surface area contributed by atoms with Crippen molar-refractivity contribution in [3.8, 4) is 34.1 Å². The fourth-order valence-corrected chi connectivity index (χ4v) is 4.38. The molecule has 0 radical (unpaired) electrons. The Balaban J connectivity index is 1.32. The second-order valence-electron chi connectivity index (χ2n) is 8.64. The van der Waals surface area contributed by atoms with Crippen molar-refractivity contribution in [2.24, 2.45) is 0 Å². The first-order valence-corrected chi connectivity index (χ1v) is 12.3. The number of para-hydroxylation sites is 1. The van der Waals surface area contributed by atoms with Gasteiger partial charge < -0.3 is 4.74 Å². The molecular formula is C29H19ClN6O3. The molecule has 0 N–H and O–H groups in total. The summed E-state index contributed by atoms with van der Waals surface area (Å²) in [4.78, 5) is 20.4. The second-order valence-corrected chi connectivity index (χ2v) is 9.08. The van der Waals surface area contributed by atoms with Crippen LogP contribution in [0.15, 0.2) is 103 Å². The van der Waals surface area contributed by atoms with E-state index in [1.807, 2.05) is 72.8 Å². The van der Waals surface area contributed by atoms with E-state index in [2.05, 4.69) is 10.3 Å². The fraction of sp³-hybridized carbons (Fsp3) is 0.0345. The first-order valence-electron chi connectivity index (χ1n) is 12.0. The highest BCUT2D eigenvalue weighted by atomic mass is 35.5. The maximum absolute atomic E-state index is 11.1. The minimum Gasteiger partial charge on any atom is -0.486 e. The molecule has 0 aliphatic heterocycles. The number of halogens is 1. The van der Waals surface area contributed by atoms with Crippen molar-refractivity contribution in [2.45, 2.75) is 6.61 Å². The zero-order valence-electron chi connectivity index (χ0n) is 20.3. The summed E-state index contributed by atoms with van der Waals surface area (Å²) in [5.41, 5.74) is 4.26. The number of fused-ring (bicyclic) bond motifs is 1. The summed E-state index contributed by atoms with van der Waals surface area (Å²) in [6, 6.07) is 29.1. The van der Waals surface area contributed by atoms with Crippen LogP contribution in [0.1, 0.15) is 5.69 Å². The van der Waals surface area contributed by atoms with E-state index in [0.29, 0.717) is 28.0 Å². The van der Waals surface area contributed by atoms with Crippen LogP contribution in [0, 0.1) is 10.1 Å². The summed E-state index contributed by atoms with van der Waals surface area (Å²) in [6.07, 6.45) is 1.67. The Morgan fingerprint density at radius 2 is 1.72 bits per heavy atom. The Kier molecular flexibility index (Phi) is 6.40. The number of aromatic nitrogens is 5. The molecule has 10 heteroatoms. The number of hydrogen-bond acceptors (Lipinski definition) is 7. The maximum atomic E-state index is 11.1. The van der Waals surface area contributed by atoms with Crippen molar-refractivity contribution in [3.63, 3.8) is 0 Å². The van der Waals surface area contributed by atoms with Gasteiger partial charge in [-0.2, -0.15) is 0 Å². The third-order valence-corrected chi connectivity index (χ3v) is 6.29. The average molecular weight is 535 g/mol. The Morgan fingerprint density at radius 3 is 2.56 bits per heavy atom. The summed E-state index contributed by atoms with van der Waals surface area (Å²) in [5, 5.41) is 20.8. The summed E-state index contributed by atoms with van der Waals surface area (Å²) >= 11 is 6.30. The Labute approximate surface area is 227 Å². The molecule has 0 unspecified atom stereocenters. The van der Waals surface area contributed by atoms with Gasteiger partial charge in [0.25, 0.3) is 5.69 Å². The Bertz CT molecular complexity index is 1820. The van der Waals surface area contributed by atoms with E-state index < -0.39 is 4.92 Å². The normalized spacial score (nSPS) is 11.0. The number of rotatable bonds is 7. The summed E-state index contributed by atoms with van der Waals surface area (Å²) < 4.78 is 7.61. The molecular weight excluding hydrogens is 516 g/mol. The van der Waals surface area contributed by atoms with E-state index in [1.54, 1.807) is 18.3 Å². The topological polar surface area (TPSA) is 109 Å². The molecule has 0 fully saturated rings. The van der Waals surface area contributed by atoms with Crippen molar-refractivity contribution >= 4 is 28.2 Å². The highest BCUT2D eigenvalue weighted by Gasteiger charge is 2.16. The first-order chi connectivity index (χ1) is 19.0. The molecule has 39 heavy (non-hydrogen) atoms. The van der Waals surface area contributed by atoms with Crippen LogP contribution in [0.3, 0.4) is 0 Å². The molecule has 190 valence electrons. The van der Waals surface area contributed by atoms with Gasteiger partial charge in [0, 0.05) is 28.1 Å². The van der Waals surface area contributed by atoms with Crippen LogP contribution in [0.4, 0.5) is 5.69 Å². The quantitative estimate of drug-likeness (QED) is 0.166. The highest BCUT2D eigenvalue weighted by Crippen LogP contribution is 2.34. The van der Waals surface area contributed by atoms with Gasteiger partial charge in [-0.05, 0) is 36.4 Å². The van der Waals surface area contributed by atoms with Crippen LogP contribution in [-0.4, -0.2) is 29.9 Å². The Morgan fingerprint density at radius 1 is 0.897 bits per heavy atom. The van der Waals surface area contributed by atoms with Crippen molar-refractivity contribution in [1.29, 1.82) is 0 Å². The van der Waals surface area contributed by atoms with Gasteiger partial charge in [-0.25, -0.2) is 14.6 Å². The number of nitro groups is 1. The number of ether oxygens (including phenoxy) is 1. The predicted molar refractivity (Wildman–Crippen MR) is 148 cm³/mol. The molecule has 6 rings (SSSR count). The van der Waals surface area contributed by atoms with Crippen LogP contribution in [0.25, 0.3) is 39.2 Å². The predicted octanol–water partition coefficient (Wildman–Crippen LogP) is 6.69. The molecule has 0 saturated heterocycles. The monoisotopic (exact) mass is 534 g/mol. The molecule has 2 aromatic heterocycles. The lowest BCUT2D eigenvalue weighted by atomic mass is 10.1. The zero-order valence-corrected chi connectivity index (χ0v) is 21.1. The number of nitrogens with zero attached hydrogens (tertiary/aromatic N) is 6. The second kappa shape index (κ2) is 10.3. The van der Waals surface area contributed by atoms with E-state index in [-0.39, 0.29) is 12.3 Å². The average Bonchev–Trinajstić information content (AvgIpc) is 3.45. The third kappa shape index (κ3) is 5.03. The van der Waals surface area contributed by atoms with Gasteiger partial charge in [0.15, 0.2) is 5.82 Å². The van der Waals surface area contributed by atoms with Gasteiger partial charge in [0.05, 0.1) is 33.6 Å². The molecule has 0 bridgehead atoms. The molecule has 4 aromatic carbocycles. The minimum absolute atomic E-state index is 0.0257. The van der Waals surface area contributed by atoms with Crippen molar-refractivity contribution in [2.75, 3.05) is 0 Å². The van der Waals surface area contributed by atoms with E-state index in [9.17, 15) is 10.1 Å². The van der Waals surface area contributed by atoms with Gasteiger partial charge >= 0.3 is 0 Å². The van der Waals surface area contributed by atoms with Crippen molar-refractivity contribution in [3.05, 3.63) is 124 Å². The molecule has 0 spiro atoms. The van der Waals surface area contributed by atoms with Gasteiger partial charge in [-0.15, -0.1) is 5.10 Å². The molecule has 9 nitrogen and oxygen atoms in total. The largest absolute Gasteiger partial charge is 0.486 e. The molecule has 0 aliphatic carbocycles. The van der Waals surface area contributed by atoms with Crippen molar-refractivity contribution < 1.29 is 9.66 Å². The van der Waals surface area contributed by atoms with Crippen LogP contribution >= 0.6 is 11.6 Å². The van der Waals surface area contributed by atoms with Crippen LogP contribution in [0.2, 0.25) is 5.02 Å². The van der Waals surface area contributed by atoms with E-state index in [1.165, 1.54) is 16.8 Å². The summed E-state index contributed by atoms with van der Waals surface area (Å²) in [6.45, 7) is 0.126. The molecule has 2 heterocycles. The Hall–Kier alpha value is -5.15. The van der Waals surface area contributed by atoms with Gasteiger partial charge in [0.2, 0.25) is 0 Å². The number of hydrogen-bond donors (Lipinski definition) is 0. The van der Waals surface area contributed by atoms with Crippen molar-refractivity contribution in [1.82, 2.24) is 25.0 Å². The molecule has 0 aliphatic rings. The standard InChI is InChI=1S/C29H19ClN6O3/c30-20-13-14-26-25(15-20)28(19-7-2-1-3-8-19)32-29(31-26)24-11-4-5-12-27(24)39-18-21-17-35(34-33-21)22-9-6-10-23(16-22)36(37)38/h1-17H,18H2. The van der Waals surface area contributed by atoms with Crippen LogP contribution < -0.4 is 4.74 Å². The van der Waals surface area contributed by atoms with Crippen LogP contribution in [0.5, 0.6) is 5.75 Å². The summed E-state index contributed by atoms with van der Waals surface area (Å²) in [7, 11) is 0. The van der Waals surface area contributed by atoms with E-state index >= 15 is 0 Å². The lowest BCUT2D eigenvalue weighted by molar-refractivity contribution is -0.384. The highest BCUT2D eigenvalue weighted by molar-refractivity contribution is 6.31. The fourth-order valence-electron chi connectivity index (χ4n) is 4.21. The summed E-state index contributed by atoms with van der Waals surface area (Å²) in [5.74, 6) is 1.09. The molecule has 0 saturated carbocycles. The lowest BCUT2D eigenvalue weighted by Gasteiger charge is -2.13. The zero-order chi connectivity index (χ0) is 26.8. The van der Waals surface area contributed by atoms with Gasteiger partial charge in [-0.1, -0.05) is 65.3 Å². The lowest BCUT2D eigenvalue weighted by Crippen LogP contribution is -2.00. The molecule has 0 amide bonds. The minimum atomic E-state index is -0.450. The smallest absolute Gasteiger partial charge is 0.271 e. The van der Waals surface area contributed by atoms with Gasteiger partial charge in [-0.3, -0.25) is 10.1 Å². The third-order valence-electron chi connectivity index (χ3n) is 6.05. The molecule has 0 atom stereocenters. The van der Waals surface area contributed by atoms with Crippen LogP contribution in [-0.2, 0) is 6.61 Å². The number of benzene rings is 4. The SMILES string of the molecule is O=[N+]([O-])c1cccc(-n2cc(COc3ccccc3-c3nc(-c4ccccc4)c4cc(Cl)ccc4n3)nn2)c1. The first kappa shape index (κ1) is 24.2.